The van der Waals surface area contributed by atoms with Crippen molar-refractivity contribution in [3.8, 4) is 5.75 Å². The topological polar surface area (TPSA) is 29.5 Å². The number of Topliss-reactive ketones (excluding diaryl/α,β-unsaturated/α-hetero) is 1. The number of ketones is 1. The SMILES string of the molecule is COc1cccc(CC(=O)C(C)[C@@H](CN2CCCCC2)c2ccccc2)c1. The van der Waals surface area contributed by atoms with Gasteiger partial charge in [-0.25, -0.2) is 0 Å². The van der Waals surface area contributed by atoms with Gasteiger partial charge in [-0.1, -0.05) is 55.8 Å². The van der Waals surface area contributed by atoms with Gasteiger partial charge in [-0.3, -0.25) is 4.79 Å². The monoisotopic (exact) mass is 365 g/mol. The number of rotatable bonds is 8. The molecule has 0 bridgehead atoms. The molecule has 0 spiro atoms. The van der Waals surface area contributed by atoms with Crippen LogP contribution in [0.25, 0.3) is 0 Å². The van der Waals surface area contributed by atoms with Crippen LogP contribution in [0.3, 0.4) is 0 Å². The van der Waals surface area contributed by atoms with Gasteiger partial charge in [-0.2, -0.15) is 0 Å². The first-order valence-electron chi connectivity index (χ1n) is 10.1. The third kappa shape index (κ3) is 5.43. The van der Waals surface area contributed by atoms with Gasteiger partial charge >= 0.3 is 0 Å². The normalized spacial score (nSPS) is 17.3. The lowest BCUT2D eigenvalue weighted by Crippen LogP contribution is -2.37. The van der Waals surface area contributed by atoms with Crippen LogP contribution in [0.2, 0.25) is 0 Å². The molecule has 27 heavy (non-hydrogen) atoms. The average molecular weight is 366 g/mol. The van der Waals surface area contributed by atoms with Crippen molar-refractivity contribution < 1.29 is 9.53 Å². The predicted octanol–water partition coefficient (Wildman–Crippen LogP) is 4.71. The molecule has 0 aromatic heterocycles. The molecule has 3 rings (SSSR count). The van der Waals surface area contributed by atoms with E-state index in [1.54, 1.807) is 7.11 Å². The Morgan fingerprint density at radius 3 is 2.48 bits per heavy atom. The third-order valence-electron chi connectivity index (χ3n) is 5.76. The lowest BCUT2D eigenvalue weighted by molar-refractivity contribution is -0.122. The first kappa shape index (κ1) is 19.6. The summed E-state index contributed by atoms with van der Waals surface area (Å²) in [6.07, 6.45) is 4.33. The largest absolute Gasteiger partial charge is 0.497 e. The number of likely N-dealkylation sites (tertiary alicyclic amines) is 1. The van der Waals surface area contributed by atoms with E-state index >= 15 is 0 Å². The summed E-state index contributed by atoms with van der Waals surface area (Å²) in [6, 6.07) is 18.4. The zero-order chi connectivity index (χ0) is 19.1. The van der Waals surface area contributed by atoms with Gasteiger partial charge in [-0.15, -0.1) is 0 Å². The highest BCUT2D eigenvalue weighted by Crippen LogP contribution is 2.29. The molecule has 0 N–H and O–H groups in total. The Balaban J connectivity index is 1.74. The molecule has 1 heterocycles. The standard InChI is InChI=1S/C24H31NO2/c1-19(24(26)17-20-10-9-13-22(16-20)27-2)23(21-11-5-3-6-12-21)18-25-14-7-4-8-15-25/h3,5-6,9-13,16,19,23H,4,7-8,14-15,17-18H2,1-2H3/t19?,23-/m1/s1. The number of piperidine rings is 1. The van der Waals surface area contributed by atoms with Crippen LogP contribution < -0.4 is 4.74 Å². The summed E-state index contributed by atoms with van der Waals surface area (Å²) in [6.45, 7) is 5.37. The van der Waals surface area contributed by atoms with E-state index in [-0.39, 0.29) is 11.8 Å². The van der Waals surface area contributed by atoms with Crippen molar-refractivity contribution in [2.24, 2.45) is 5.92 Å². The van der Waals surface area contributed by atoms with Crippen LogP contribution in [0, 0.1) is 5.92 Å². The molecule has 2 aromatic rings. The van der Waals surface area contributed by atoms with Gasteiger partial charge in [0.1, 0.15) is 11.5 Å². The molecule has 0 radical (unpaired) electrons. The van der Waals surface area contributed by atoms with E-state index in [2.05, 4.69) is 36.1 Å². The second kappa shape index (κ2) is 9.70. The summed E-state index contributed by atoms with van der Waals surface area (Å²) in [5.74, 6) is 1.33. The molecular formula is C24H31NO2. The van der Waals surface area contributed by atoms with Crippen LogP contribution in [0.1, 0.15) is 43.2 Å². The zero-order valence-electron chi connectivity index (χ0n) is 16.6. The molecule has 2 atom stereocenters. The van der Waals surface area contributed by atoms with E-state index in [0.29, 0.717) is 12.2 Å². The molecular weight excluding hydrogens is 334 g/mol. The lowest BCUT2D eigenvalue weighted by Gasteiger charge is -2.33. The van der Waals surface area contributed by atoms with Gasteiger partial charge < -0.3 is 9.64 Å². The number of benzene rings is 2. The van der Waals surface area contributed by atoms with Gasteiger partial charge in [0.25, 0.3) is 0 Å². The lowest BCUT2D eigenvalue weighted by atomic mass is 9.82. The van der Waals surface area contributed by atoms with Crippen LogP contribution in [-0.2, 0) is 11.2 Å². The van der Waals surface area contributed by atoms with Crippen molar-refractivity contribution in [2.45, 2.75) is 38.5 Å². The van der Waals surface area contributed by atoms with Crippen molar-refractivity contribution in [1.82, 2.24) is 4.90 Å². The second-order valence-corrected chi connectivity index (χ2v) is 7.66. The van der Waals surface area contributed by atoms with Crippen molar-refractivity contribution in [2.75, 3.05) is 26.7 Å². The first-order valence-corrected chi connectivity index (χ1v) is 10.1. The van der Waals surface area contributed by atoms with Crippen LogP contribution in [0.4, 0.5) is 0 Å². The summed E-state index contributed by atoms with van der Waals surface area (Å²) >= 11 is 0. The third-order valence-corrected chi connectivity index (χ3v) is 5.76. The molecule has 3 nitrogen and oxygen atoms in total. The van der Waals surface area contributed by atoms with E-state index in [4.69, 9.17) is 4.74 Å². The number of nitrogens with zero attached hydrogens (tertiary/aromatic N) is 1. The Labute approximate surface area is 163 Å². The number of carbonyl (C=O) groups is 1. The fourth-order valence-electron chi connectivity index (χ4n) is 4.04. The molecule has 1 saturated heterocycles. The van der Waals surface area contributed by atoms with Gasteiger partial charge in [0.05, 0.1) is 7.11 Å². The molecule has 0 amide bonds. The molecule has 144 valence electrons. The zero-order valence-corrected chi connectivity index (χ0v) is 16.6. The number of hydrogen-bond donors (Lipinski definition) is 0. The number of methoxy groups -OCH3 is 1. The summed E-state index contributed by atoms with van der Waals surface area (Å²) in [4.78, 5) is 15.6. The maximum absolute atomic E-state index is 13.1. The van der Waals surface area contributed by atoms with Crippen LogP contribution >= 0.6 is 0 Å². The summed E-state index contributed by atoms with van der Waals surface area (Å²) < 4.78 is 5.30. The minimum absolute atomic E-state index is 0.0134. The maximum Gasteiger partial charge on any atom is 0.140 e. The molecule has 0 aliphatic carbocycles. The Morgan fingerprint density at radius 1 is 1.04 bits per heavy atom. The van der Waals surface area contributed by atoms with E-state index in [0.717, 1.165) is 30.9 Å². The number of ether oxygens (including phenoxy) is 1. The Morgan fingerprint density at radius 2 is 1.78 bits per heavy atom. The highest BCUT2D eigenvalue weighted by molar-refractivity contribution is 5.84. The fraction of sp³-hybridized carbons (Fsp3) is 0.458. The summed E-state index contributed by atoms with van der Waals surface area (Å²) in [7, 11) is 1.66. The quantitative estimate of drug-likeness (QED) is 0.678. The van der Waals surface area contributed by atoms with E-state index in [1.807, 2.05) is 30.3 Å². The van der Waals surface area contributed by atoms with E-state index in [1.165, 1.54) is 24.8 Å². The summed E-state index contributed by atoms with van der Waals surface area (Å²) in [5.41, 5.74) is 2.30. The fourth-order valence-corrected chi connectivity index (χ4v) is 4.04. The molecule has 0 saturated carbocycles. The van der Waals surface area contributed by atoms with Gasteiger partial charge in [0.15, 0.2) is 0 Å². The minimum Gasteiger partial charge on any atom is -0.497 e. The van der Waals surface area contributed by atoms with Crippen LogP contribution in [-0.4, -0.2) is 37.4 Å². The van der Waals surface area contributed by atoms with E-state index in [9.17, 15) is 4.79 Å². The Bertz CT molecular complexity index is 722. The van der Waals surface area contributed by atoms with Crippen molar-refractivity contribution in [3.05, 3.63) is 65.7 Å². The molecule has 1 aliphatic rings. The molecule has 1 aliphatic heterocycles. The second-order valence-electron chi connectivity index (χ2n) is 7.66. The minimum atomic E-state index is -0.0134. The van der Waals surface area contributed by atoms with Gasteiger partial charge in [0.2, 0.25) is 0 Å². The van der Waals surface area contributed by atoms with Crippen LogP contribution in [0.15, 0.2) is 54.6 Å². The highest BCUT2D eigenvalue weighted by Gasteiger charge is 2.28. The van der Waals surface area contributed by atoms with E-state index < -0.39 is 0 Å². The number of carbonyl (C=O) groups excluding carboxylic acids is 1. The molecule has 2 aromatic carbocycles. The molecule has 1 unspecified atom stereocenters. The van der Waals surface area contributed by atoms with Gasteiger partial charge in [-0.05, 0) is 49.2 Å². The maximum atomic E-state index is 13.1. The Hall–Kier alpha value is -2.13. The first-order chi connectivity index (χ1) is 13.2. The Kier molecular flexibility index (Phi) is 7.05. The molecule has 3 heteroatoms. The average Bonchev–Trinajstić information content (AvgIpc) is 2.73. The van der Waals surface area contributed by atoms with Crippen LogP contribution in [0.5, 0.6) is 5.75 Å². The van der Waals surface area contributed by atoms with Crippen molar-refractivity contribution in [3.63, 3.8) is 0 Å². The predicted molar refractivity (Wildman–Crippen MR) is 110 cm³/mol. The summed E-state index contributed by atoms with van der Waals surface area (Å²) in [5, 5.41) is 0. The number of hydrogen-bond acceptors (Lipinski definition) is 3. The van der Waals surface area contributed by atoms with Crippen molar-refractivity contribution in [1.29, 1.82) is 0 Å². The highest BCUT2D eigenvalue weighted by atomic mass is 16.5. The van der Waals surface area contributed by atoms with Crippen molar-refractivity contribution >= 4 is 5.78 Å². The van der Waals surface area contributed by atoms with Gasteiger partial charge in [0, 0.05) is 24.8 Å². The smallest absolute Gasteiger partial charge is 0.140 e. The molecule has 1 fully saturated rings.